The smallest absolute Gasteiger partial charge is 0.146 e. The van der Waals surface area contributed by atoms with Crippen LogP contribution in [0.25, 0.3) is 0 Å². The molecule has 1 heterocycles. The Morgan fingerprint density at radius 3 is 2.95 bits per heavy atom. The van der Waals surface area contributed by atoms with Gasteiger partial charge in [0.05, 0.1) is 12.3 Å². The fourth-order valence-electron chi connectivity index (χ4n) is 2.72. The lowest BCUT2D eigenvalue weighted by Gasteiger charge is -2.34. The Morgan fingerprint density at radius 2 is 2.32 bits per heavy atom. The summed E-state index contributed by atoms with van der Waals surface area (Å²) in [6.07, 6.45) is 2.24. The molecule has 0 spiro atoms. The summed E-state index contributed by atoms with van der Waals surface area (Å²) in [5.41, 5.74) is 7.30. The van der Waals surface area contributed by atoms with E-state index in [2.05, 4.69) is 4.90 Å². The van der Waals surface area contributed by atoms with Crippen molar-refractivity contribution in [2.45, 2.75) is 25.8 Å². The first-order valence-corrected chi connectivity index (χ1v) is 6.90. The van der Waals surface area contributed by atoms with Gasteiger partial charge in [0.2, 0.25) is 0 Å². The van der Waals surface area contributed by atoms with Gasteiger partial charge in [0.25, 0.3) is 0 Å². The SMILES string of the molecule is COCC1CCCN(c2ccc(C(C)N)cc2F)C1. The summed E-state index contributed by atoms with van der Waals surface area (Å²) in [7, 11) is 1.72. The van der Waals surface area contributed by atoms with Gasteiger partial charge in [-0.1, -0.05) is 6.07 Å². The molecule has 0 bridgehead atoms. The summed E-state index contributed by atoms with van der Waals surface area (Å²) in [5, 5.41) is 0. The van der Waals surface area contributed by atoms with Gasteiger partial charge in [-0.05, 0) is 43.4 Å². The predicted octanol–water partition coefficient (Wildman–Crippen LogP) is 2.71. The number of benzene rings is 1. The van der Waals surface area contributed by atoms with Crippen LogP contribution in [0.4, 0.5) is 10.1 Å². The van der Waals surface area contributed by atoms with Gasteiger partial charge in [0.1, 0.15) is 5.82 Å². The summed E-state index contributed by atoms with van der Waals surface area (Å²) in [6.45, 7) is 4.39. The van der Waals surface area contributed by atoms with E-state index in [1.165, 1.54) is 0 Å². The number of methoxy groups -OCH3 is 1. The van der Waals surface area contributed by atoms with E-state index in [1.807, 2.05) is 19.1 Å². The summed E-state index contributed by atoms with van der Waals surface area (Å²) < 4.78 is 19.4. The van der Waals surface area contributed by atoms with E-state index in [-0.39, 0.29) is 11.9 Å². The highest BCUT2D eigenvalue weighted by Gasteiger charge is 2.22. The standard InChI is InChI=1S/C15H23FN2O/c1-11(17)13-5-6-15(14(16)8-13)18-7-3-4-12(9-18)10-19-2/h5-6,8,11-12H,3-4,7,9-10,17H2,1-2H3. The van der Waals surface area contributed by atoms with Crippen molar-refractivity contribution in [3.8, 4) is 0 Å². The number of rotatable bonds is 4. The second-order valence-electron chi connectivity index (χ2n) is 5.41. The molecule has 2 rings (SSSR count). The van der Waals surface area contributed by atoms with Crippen LogP contribution in [0, 0.1) is 11.7 Å². The summed E-state index contributed by atoms with van der Waals surface area (Å²) in [6, 6.07) is 5.19. The summed E-state index contributed by atoms with van der Waals surface area (Å²) in [4.78, 5) is 2.12. The van der Waals surface area contributed by atoms with Gasteiger partial charge in [0, 0.05) is 26.2 Å². The van der Waals surface area contributed by atoms with Crippen LogP contribution in [0.15, 0.2) is 18.2 Å². The quantitative estimate of drug-likeness (QED) is 0.910. The van der Waals surface area contributed by atoms with E-state index >= 15 is 0 Å². The molecule has 4 heteroatoms. The summed E-state index contributed by atoms with van der Waals surface area (Å²) >= 11 is 0. The third-order valence-corrected chi connectivity index (χ3v) is 3.76. The van der Waals surface area contributed by atoms with Crippen LogP contribution in [0.1, 0.15) is 31.4 Å². The van der Waals surface area contributed by atoms with Crippen molar-refractivity contribution in [2.75, 3.05) is 31.7 Å². The molecule has 19 heavy (non-hydrogen) atoms. The molecule has 106 valence electrons. The number of ether oxygens (including phenoxy) is 1. The molecular formula is C15H23FN2O. The average Bonchev–Trinajstić information content (AvgIpc) is 2.39. The van der Waals surface area contributed by atoms with Crippen molar-refractivity contribution in [1.29, 1.82) is 0 Å². The van der Waals surface area contributed by atoms with E-state index in [1.54, 1.807) is 13.2 Å². The van der Waals surface area contributed by atoms with Crippen molar-refractivity contribution in [3.63, 3.8) is 0 Å². The lowest BCUT2D eigenvalue weighted by molar-refractivity contribution is 0.143. The van der Waals surface area contributed by atoms with E-state index in [4.69, 9.17) is 10.5 Å². The molecule has 1 saturated heterocycles. The summed E-state index contributed by atoms with van der Waals surface area (Å²) in [5.74, 6) is 0.319. The lowest BCUT2D eigenvalue weighted by Crippen LogP contribution is -2.37. The maximum Gasteiger partial charge on any atom is 0.146 e. The highest BCUT2D eigenvalue weighted by atomic mass is 19.1. The molecule has 0 amide bonds. The van der Waals surface area contributed by atoms with Gasteiger partial charge >= 0.3 is 0 Å². The van der Waals surface area contributed by atoms with Crippen LogP contribution in [0.2, 0.25) is 0 Å². The third-order valence-electron chi connectivity index (χ3n) is 3.76. The van der Waals surface area contributed by atoms with E-state index in [9.17, 15) is 4.39 Å². The first kappa shape index (κ1) is 14.3. The zero-order valence-electron chi connectivity index (χ0n) is 11.7. The minimum Gasteiger partial charge on any atom is -0.384 e. The normalized spacial score (nSPS) is 21.5. The second kappa shape index (κ2) is 6.35. The minimum absolute atomic E-state index is 0.133. The molecule has 0 aromatic heterocycles. The Morgan fingerprint density at radius 1 is 1.53 bits per heavy atom. The minimum atomic E-state index is -0.173. The highest BCUT2D eigenvalue weighted by molar-refractivity contribution is 5.50. The van der Waals surface area contributed by atoms with E-state index < -0.39 is 0 Å². The monoisotopic (exact) mass is 266 g/mol. The van der Waals surface area contributed by atoms with Crippen LogP contribution in [-0.2, 0) is 4.74 Å². The van der Waals surface area contributed by atoms with Gasteiger partial charge in [-0.25, -0.2) is 4.39 Å². The van der Waals surface area contributed by atoms with Crippen LogP contribution >= 0.6 is 0 Å². The molecule has 2 unspecified atom stereocenters. The number of hydrogen-bond acceptors (Lipinski definition) is 3. The highest BCUT2D eigenvalue weighted by Crippen LogP contribution is 2.27. The number of hydrogen-bond donors (Lipinski definition) is 1. The topological polar surface area (TPSA) is 38.5 Å². The van der Waals surface area contributed by atoms with Gasteiger partial charge < -0.3 is 15.4 Å². The lowest BCUT2D eigenvalue weighted by atomic mass is 9.98. The molecular weight excluding hydrogens is 243 g/mol. The van der Waals surface area contributed by atoms with Crippen LogP contribution in [-0.4, -0.2) is 26.8 Å². The van der Waals surface area contributed by atoms with Gasteiger partial charge in [-0.15, -0.1) is 0 Å². The van der Waals surface area contributed by atoms with E-state index in [0.29, 0.717) is 11.6 Å². The molecule has 0 aliphatic carbocycles. The second-order valence-corrected chi connectivity index (χ2v) is 5.41. The third kappa shape index (κ3) is 3.45. The maximum absolute atomic E-state index is 14.2. The van der Waals surface area contributed by atoms with E-state index in [0.717, 1.165) is 38.1 Å². The largest absolute Gasteiger partial charge is 0.384 e. The molecule has 3 nitrogen and oxygen atoms in total. The predicted molar refractivity (Wildman–Crippen MR) is 75.8 cm³/mol. The average molecular weight is 266 g/mol. The molecule has 1 aromatic carbocycles. The Bertz CT molecular complexity index is 421. The fourth-order valence-corrected chi connectivity index (χ4v) is 2.72. The van der Waals surface area contributed by atoms with Gasteiger partial charge in [0.15, 0.2) is 0 Å². The molecule has 1 aromatic rings. The van der Waals surface area contributed by atoms with Crippen molar-refractivity contribution >= 4 is 5.69 Å². The van der Waals surface area contributed by atoms with Crippen molar-refractivity contribution in [3.05, 3.63) is 29.6 Å². The van der Waals surface area contributed by atoms with Crippen molar-refractivity contribution in [2.24, 2.45) is 11.7 Å². The molecule has 1 aliphatic heterocycles. The molecule has 1 aliphatic rings. The van der Waals surface area contributed by atoms with Crippen LogP contribution in [0.3, 0.4) is 0 Å². The Hall–Kier alpha value is -1.13. The molecule has 2 atom stereocenters. The van der Waals surface area contributed by atoms with Crippen molar-refractivity contribution < 1.29 is 9.13 Å². The Kier molecular flexibility index (Phi) is 4.77. The number of nitrogens with zero attached hydrogens (tertiary/aromatic N) is 1. The first-order valence-electron chi connectivity index (χ1n) is 6.90. The number of nitrogens with two attached hydrogens (primary N) is 1. The number of piperidine rings is 1. The first-order chi connectivity index (χ1) is 9.11. The van der Waals surface area contributed by atoms with Crippen LogP contribution < -0.4 is 10.6 Å². The molecule has 1 fully saturated rings. The Balaban J connectivity index is 2.12. The van der Waals surface area contributed by atoms with Crippen LogP contribution in [0.5, 0.6) is 0 Å². The maximum atomic E-state index is 14.2. The zero-order chi connectivity index (χ0) is 13.8. The molecule has 0 radical (unpaired) electrons. The molecule has 0 saturated carbocycles. The van der Waals surface area contributed by atoms with Crippen molar-refractivity contribution in [1.82, 2.24) is 0 Å². The number of halogens is 1. The fraction of sp³-hybridized carbons (Fsp3) is 0.600. The Labute approximate surface area is 114 Å². The number of anilines is 1. The van der Waals surface area contributed by atoms with Gasteiger partial charge in [-0.2, -0.15) is 0 Å². The molecule has 2 N–H and O–H groups in total. The zero-order valence-corrected chi connectivity index (χ0v) is 11.7. The van der Waals surface area contributed by atoms with Gasteiger partial charge in [-0.3, -0.25) is 0 Å².